The summed E-state index contributed by atoms with van der Waals surface area (Å²) in [6.45, 7) is -0.693. The molecule has 0 saturated carbocycles. The molecule has 0 fully saturated rings. The SMILES string of the molecule is COC1Oc2ccc(O)cc2O1. The maximum absolute atomic E-state index is 9.08. The molecular weight excluding hydrogens is 160 g/mol. The summed E-state index contributed by atoms with van der Waals surface area (Å²) in [4.78, 5) is 0. The van der Waals surface area contributed by atoms with Gasteiger partial charge in [0.1, 0.15) is 5.75 Å². The molecule has 1 heterocycles. The molecule has 1 aromatic rings. The monoisotopic (exact) mass is 168 g/mol. The van der Waals surface area contributed by atoms with Crippen LogP contribution in [0.25, 0.3) is 0 Å². The van der Waals surface area contributed by atoms with E-state index in [1.54, 1.807) is 6.07 Å². The molecule has 1 aliphatic rings. The number of hydrogen-bond acceptors (Lipinski definition) is 4. The van der Waals surface area contributed by atoms with Crippen molar-refractivity contribution in [2.45, 2.75) is 6.48 Å². The summed E-state index contributed by atoms with van der Waals surface area (Å²) in [5.74, 6) is 1.23. The van der Waals surface area contributed by atoms with Crippen molar-refractivity contribution in [3.05, 3.63) is 18.2 Å². The van der Waals surface area contributed by atoms with Crippen molar-refractivity contribution in [2.75, 3.05) is 7.11 Å². The first-order valence-electron chi connectivity index (χ1n) is 3.49. The minimum absolute atomic E-state index is 0.147. The van der Waals surface area contributed by atoms with Gasteiger partial charge in [-0.1, -0.05) is 0 Å². The largest absolute Gasteiger partial charge is 0.508 e. The van der Waals surface area contributed by atoms with Gasteiger partial charge in [0.15, 0.2) is 11.5 Å². The van der Waals surface area contributed by atoms with Gasteiger partial charge in [-0.25, -0.2) is 0 Å². The van der Waals surface area contributed by atoms with Gasteiger partial charge < -0.3 is 19.3 Å². The van der Waals surface area contributed by atoms with Gasteiger partial charge in [-0.2, -0.15) is 0 Å². The van der Waals surface area contributed by atoms with Crippen LogP contribution in [0.3, 0.4) is 0 Å². The fraction of sp³-hybridized carbons (Fsp3) is 0.250. The van der Waals surface area contributed by atoms with Gasteiger partial charge in [0.05, 0.1) is 0 Å². The van der Waals surface area contributed by atoms with E-state index >= 15 is 0 Å². The Morgan fingerprint density at radius 3 is 2.83 bits per heavy atom. The maximum atomic E-state index is 9.08. The molecular formula is C8H8O4. The molecule has 1 aliphatic heterocycles. The summed E-state index contributed by atoms with van der Waals surface area (Å²) in [5, 5.41) is 9.08. The predicted octanol–water partition coefficient (Wildman–Crippen LogP) is 1.09. The summed E-state index contributed by atoms with van der Waals surface area (Å²) in [6, 6.07) is 4.64. The van der Waals surface area contributed by atoms with E-state index in [1.807, 2.05) is 0 Å². The standard InChI is InChI=1S/C8H8O4/c1-10-8-11-6-3-2-5(9)4-7(6)12-8/h2-4,8-9H,1H3. The molecule has 4 nitrogen and oxygen atoms in total. The van der Waals surface area contributed by atoms with Crippen LogP contribution >= 0.6 is 0 Å². The normalized spacial score (nSPS) is 19.6. The number of fused-ring (bicyclic) bond motifs is 1. The minimum Gasteiger partial charge on any atom is -0.508 e. The number of hydrogen-bond donors (Lipinski definition) is 1. The highest BCUT2D eigenvalue weighted by molar-refractivity contribution is 5.46. The van der Waals surface area contributed by atoms with Gasteiger partial charge in [0, 0.05) is 13.2 Å². The molecule has 12 heavy (non-hydrogen) atoms. The number of ether oxygens (including phenoxy) is 3. The van der Waals surface area contributed by atoms with E-state index in [-0.39, 0.29) is 5.75 Å². The van der Waals surface area contributed by atoms with Crippen molar-refractivity contribution in [2.24, 2.45) is 0 Å². The van der Waals surface area contributed by atoms with Crippen LogP contribution in [-0.2, 0) is 4.74 Å². The van der Waals surface area contributed by atoms with Crippen LogP contribution in [0.2, 0.25) is 0 Å². The Hall–Kier alpha value is -1.42. The quantitative estimate of drug-likeness (QED) is 0.682. The summed E-state index contributed by atoms with van der Waals surface area (Å²) < 4.78 is 15.1. The second-order valence-electron chi connectivity index (χ2n) is 2.39. The molecule has 1 atom stereocenters. The van der Waals surface area contributed by atoms with Crippen molar-refractivity contribution in [3.63, 3.8) is 0 Å². The first kappa shape index (κ1) is 7.24. The molecule has 2 rings (SSSR count). The summed E-state index contributed by atoms with van der Waals surface area (Å²) in [5.41, 5.74) is 0. The lowest BCUT2D eigenvalue weighted by Gasteiger charge is -2.05. The van der Waals surface area contributed by atoms with Crippen molar-refractivity contribution in [1.29, 1.82) is 0 Å². The number of benzene rings is 1. The van der Waals surface area contributed by atoms with Crippen LogP contribution in [0.15, 0.2) is 18.2 Å². The third kappa shape index (κ3) is 1.06. The number of phenolic OH excluding ortho intramolecular Hbond substituents is 1. The molecule has 1 N–H and O–H groups in total. The molecule has 0 radical (unpaired) electrons. The number of aromatic hydroxyl groups is 1. The first-order chi connectivity index (χ1) is 5.79. The minimum atomic E-state index is -0.693. The van der Waals surface area contributed by atoms with E-state index < -0.39 is 6.48 Å². The van der Waals surface area contributed by atoms with E-state index in [1.165, 1.54) is 19.2 Å². The molecule has 1 aromatic carbocycles. The van der Waals surface area contributed by atoms with Crippen molar-refractivity contribution in [3.8, 4) is 17.2 Å². The average Bonchev–Trinajstić information content (AvgIpc) is 2.46. The first-order valence-corrected chi connectivity index (χ1v) is 3.49. The Balaban J connectivity index is 2.30. The van der Waals surface area contributed by atoms with E-state index in [0.717, 1.165) is 0 Å². The van der Waals surface area contributed by atoms with Crippen LogP contribution in [0.1, 0.15) is 0 Å². The Morgan fingerprint density at radius 1 is 1.33 bits per heavy atom. The second-order valence-corrected chi connectivity index (χ2v) is 2.39. The zero-order chi connectivity index (χ0) is 8.55. The van der Waals surface area contributed by atoms with Crippen molar-refractivity contribution in [1.82, 2.24) is 0 Å². The van der Waals surface area contributed by atoms with Crippen LogP contribution in [-0.4, -0.2) is 18.7 Å². The van der Waals surface area contributed by atoms with Gasteiger partial charge in [0.2, 0.25) is 0 Å². The van der Waals surface area contributed by atoms with Gasteiger partial charge >= 0.3 is 6.48 Å². The molecule has 1 unspecified atom stereocenters. The predicted molar refractivity (Wildman–Crippen MR) is 40.2 cm³/mol. The van der Waals surface area contributed by atoms with Crippen LogP contribution in [0.4, 0.5) is 0 Å². The highest BCUT2D eigenvalue weighted by Gasteiger charge is 2.23. The molecule has 0 aromatic heterocycles. The summed E-state index contributed by atoms with van der Waals surface area (Å²) in [7, 11) is 1.48. The smallest absolute Gasteiger partial charge is 0.360 e. The van der Waals surface area contributed by atoms with Crippen LogP contribution in [0, 0.1) is 0 Å². The summed E-state index contributed by atoms with van der Waals surface area (Å²) in [6.07, 6.45) is 0. The van der Waals surface area contributed by atoms with E-state index in [4.69, 9.17) is 19.3 Å². The average molecular weight is 168 g/mol. The van der Waals surface area contributed by atoms with Gasteiger partial charge in [-0.05, 0) is 12.1 Å². The molecule has 4 heteroatoms. The fourth-order valence-electron chi connectivity index (χ4n) is 1.01. The van der Waals surface area contributed by atoms with Gasteiger partial charge in [0.25, 0.3) is 0 Å². The summed E-state index contributed by atoms with van der Waals surface area (Å²) >= 11 is 0. The molecule has 0 spiro atoms. The van der Waals surface area contributed by atoms with Crippen LogP contribution < -0.4 is 9.47 Å². The zero-order valence-electron chi connectivity index (χ0n) is 6.48. The highest BCUT2D eigenvalue weighted by Crippen LogP contribution is 2.37. The molecule has 0 saturated heterocycles. The second kappa shape index (κ2) is 2.57. The van der Waals surface area contributed by atoms with Crippen molar-refractivity contribution >= 4 is 0 Å². The topological polar surface area (TPSA) is 47.9 Å². The third-order valence-electron chi connectivity index (χ3n) is 1.57. The number of rotatable bonds is 1. The van der Waals surface area contributed by atoms with Gasteiger partial charge in [-0.3, -0.25) is 0 Å². The zero-order valence-corrected chi connectivity index (χ0v) is 6.48. The van der Waals surface area contributed by atoms with E-state index in [9.17, 15) is 0 Å². The van der Waals surface area contributed by atoms with Gasteiger partial charge in [-0.15, -0.1) is 0 Å². The lowest BCUT2D eigenvalue weighted by Crippen LogP contribution is -2.19. The maximum Gasteiger partial charge on any atom is 0.360 e. The Bertz CT molecular complexity index is 297. The Kier molecular flexibility index (Phi) is 1.55. The van der Waals surface area contributed by atoms with E-state index in [2.05, 4.69) is 0 Å². The Labute approximate surface area is 69.3 Å². The lowest BCUT2D eigenvalue weighted by atomic mass is 10.3. The molecule has 0 amide bonds. The fourth-order valence-corrected chi connectivity index (χ4v) is 1.01. The van der Waals surface area contributed by atoms with E-state index in [0.29, 0.717) is 11.5 Å². The molecule has 0 aliphatic carbocycles. The third-order valence-corrected chi connectivity index (χ3v) is 1.57. The molecule has 0 bridgehead atoms. The number of methoxy groups -OCH3 is 1. The number of phenols is 1. The Morgan fingerprint density at radius 2 is 2.08 bits per heavy atom. The van der Waals surface area contributed by atoms with Crippen LogP contribution in [0.5, 0.6) is 17.2 Å². The van der Waals surface area contributed by atoms with Crippen molar-refractivity contribution < 1.29 is 19.3 Å². The lowest BCUT2D eigenvalue weighted by molar-refractivity contribution is -0.157. The highest BCUT2D eigenvalue weighted by atomic mass is 16.9. The molecule has 64 valence electrons.